The Morgan fingerprint density at radius 3 is 2.64 bits per heavy atom. The van der Waals surface area contributed by atoms with E-state index >= 15 is 0 Å². The predicted molar refractivity (Wildman–Crippen MR) is 105 cm³/mol. The van der Waals surface area contributed by atoms with Crippen LogP contribution in [0.15, 0.2) is 35.2 Å². The molecule has 2 aromatic rings. The van der Waals surface area contributed by atoms with Gasteiger partial charge in [0.2, 0.25) is 10.0 Å². The van der Waals surface area contributed by atoms with Gasteiger partial charge < -0.3 is 10.1 Å². The highest BCUT2D eigenvalue weighted by molar-refractivity contribution is 7.89. The number of amides is 1. The topological polar surface area (TPSA) is 84.5 Å². The van der Waals surface area contributed by atoms with Crippen LogP contribution in [0.5, 0.6) is 0 Å². The normalized spacial score (nSPS) is 16.9. The number of anilines is 1. The first-order valence-corrected chi connectivity index (χ1v) is 10.6. The number of ether oxygens (including phenoxy) is 1. The molecule has 1 fully saturated rings. The minimum Gasteiger partial charge on any atom is -0.380 e. The predicted octanol–water partition coefficient (Wildman–Crippen LogP) is 3.76. The molecule has 0 spiro atoms. The van der Waals surface area contributed by atoms with Crippen molar-refractivity contribution in [2.75, 3.05) is 18.5 Å². The molecule has 0 aromatic heterocycles. The Bertz CT molecular complexity index is 1020. The van der Waals surface area contributed by atoms with Gasteiger partial charge in [-0.2, -0.15) is 0 Å². The highest BCUT2D eigenvalue weighted by atomic mass is 35.5. The molecule has 1 aliphatic rings. The molecule has 6 nitrogen and oxygen atoms in total. The quantitative estimate of drug-likeness (QED) is 0.731. The van der Waals surface area contributed by atoms with Gasteiger partial charge in [-0.25, -0.2) is 17.5 Å². The van der Waals surface area contributed by atoms with Crippen molar-refractivity contribution in [3.8, 4) is 0 Å². The molecule has 2 N–H and O–H groups in total. The van der Waals surface area contributed by atoms with Crippen LogP contribution < -0.4 is 10.0 Å². The zero-order valence-electron chi connectivity index (χ0n) is 14.8. The smallest absolute Gasteiger partial charge is 0.258 e. The summed E-state index contributed by atoms with van der Waals surface area (Å²) in [5.74, 6) is -1.12. The Labute approximate surface area is 172 Å². The summed E-state index contributed by atoms with van der Waals surface area (Å²) in [7, 11) is -3.98. The molecule has 28 heavy (non-hydrogen) atoms. The fourth-order valence-corrected chi connectivity index (χ4v) is 4.96. The van der Waals surface area contributed by atoms with Gasteiger partial charge in [-0.3, -0.25) is 4.79 Å². The molecule has 0 bridgehead atoms. The van der Waals surface area contributed by atoms with Crippen molar-refractivity contribution in [3.05, 3.63) is 57.3 Å². The van der Waals surface area contributed by atoms with Crippen LogP contribution in [0.3, 0.4) is 0 Å². The summed E-state index contributed by atoms with van der Waals surface area (Å²) < 4.78 is 46.4. The maximum Gasteiger partial charge on any atom is 0.258 e. The largest absolute Gasteiger partial charge is 0.380 e. The maximum atomic E-state index is 13.4. The van der Waals surface area contributed by atoms with E-state index in [9.17, 15) is 17.6 Å². The number of carbonyl (C=O) groups excluding carboxylic acids is 1. The minimum atomic E-state index is -3.98. The highest BCUT2D eigenvalue weighted by Crippen LogP contribution is 2.32. The number of halogens is 3. The van der Waals surface area contributed by atoms with Crippen molar-refractivity contribution in [3.63, 3.8) is 0 Å². The number of hydrogen-bond donors (Lipinski definition) is 2. The number of benzene rings is 2. The van der Waals surface area contributed by atoms with Crippen molar-refractivity contribution in [1.82, 2.24) is 4.72 Å². The Morgan fingerprint density at radius 1 is 1.25 bits per heavy atom. The molecule has 1 aliphatic heterocycles. The molecule has 0 unspecified atom stereocenters. The number of rotatable bonds is 5. The van der Waals surface area contributed by atoms with E-state index in [2.05, 4.69) is 10.0 Å². The van der Waals surface area contributed by atoms with Gasteiger partial charge in [0, 0.05) is 18.3 Å². The summed E-state index contributed by atoms with van der Waals surface area (Å²) in [5.41, 5.74) is 0.482. The molecule has 10 heteroatoms. The Hall–Kier alpha value is -1.71. The molecule has 2 aromatic carbocycles. The fourth-order valence-electron chi connectivity index (χ4n) is 2.78. The zero-order chi connectivity index (χ0) is 20.5. The first-order valence-electron chi connectivity index (χ1n) is 8.34. The lowest BCUT2D eigenvalue weighted by Crippen LogP contribution is -2.35. The highest BCUT2D eigenvalue weighted by Gasteiger charge is 2.28. The van der Waals surface area contributed by atoms with E-state index < -0.39 is 21.7 Å². The average Bonchev–Trinajstić information content (AvgIpc) is 3.10. The molecule has 1 saturated heterocycles. The van der Waals surface area contributed by atoms with Gasteiger partial charge in [-0.1, -0.05) is 23.2 Å². The second-order valence-electron chi connectivity index (χ2n) is 6.33. The molecular formula is C18H17Cl2FN2O4S. The Kier molecular flexibility index (Phi) is 6.26. The van der Waals surface area contributed by atoms with E-state index in [1.165, 1.54) is 30.3 Å². The number of nitrogens with one attached hydrogen (secondary N) is 2. The van der Waals surface area contributed by atoms with Gasteiger partial charge in [0.25, 0.3) is 5.91 Å². The Balaban J connectivity index is 1.91. The van der Waals surface area contributed by atoms with Crippen LogP contribution >= 0.6 is 23.2 Å². The van der Waals surface area contributed by atoms with E-state index in [1.54, 1.807) is 6.92 Å². The van der Waals surface area contributed by atoms with E-state index in [1.807, 2.05) is 0 Å². The van der Waals surface area contributed by atoms with Gasteiger partial charge >= 0.3 is 0 Å². The van der Waals surface area contributed by atoms with Crippen LogP contribution in [0.1, 0.15) is 22.3 Å². The first-order chi connectivity index (χ1) is 13.2. The molecule has 0 radical (unpaired) electrons. The second-order valence-corrected chi connectivity index (χ2v) is 8.80. The number of sulfonamides is 1. The van der Waals surface area contributed by atoms with Crippen LogP contribution in [0.25, 0.3) is 0 Å². The monoisotopic (exact) mass is 446 g/mol. The van der Waals surface area contributed by atoms with Crippen LogP contribution in [0.4, 0.5) is 10.1 Å². The van der Waals surface area contributed by atoms with Crippen LogP contribution in [-0.2, 0) is 14.8 Å². The summed E-state index contributed by atoms with van der Waals surface area (Å²) in [6.07, 6.45) is 0.543. The molecule has 1 amide bonds. The summed E-state index contributed by atoms with van der Waals surface area (Å²) in [4.78, 5) is 12.4. The standard InChI is InChI=1S/C18H17Cl2FN2O4S/c1-10-8-11(2-4-14(10)21)22-18(24)16-13(19)3-5-15(17(16)20)28(25,26)23-12-6-7-27-9-12/h2-5,8,12,23H,6-7,9H2,1H3,(H,22,24)/t12-/m0/s1. The molecule has 3 rings (SSSR count). The summed E-state index contributed by atoms with van der Waals surface area (Å²) in [6, 6.07) is 6.19. The maximum absolute atomic E-state index is 13.4. The lowest BCUT2D eigenvalue weighted by atomic mass is 10.1. The molecule has 1 heterocycles. The van der Waals surface area contributed by atoms with Crippen molar-refractivity contribution in [2.24, 2.45) is 0 Å². The molecule has 150 valence electrons. The van der Waals surface area contributed by atoms with Crippen molar-refractivity contribution >= 4 is 44.8 Å². The zero-order valence-corrected chi connectivity index (χ0v) is 17.1. The van der Waals surface area contributed by atoms with Crippen LogP contribution in [0.2, 0.25) is 10.0 Å². The SMILES string of the molecule is Cc1cc(NC(=O)c2c(Cl)ccc(S(=O)(=O)N[C@H]3CCOC3)c2Cl)ccc1F. The van der Waals surface area contributed by atoms with Gasteiger partial charge in [0.05, 0.1) is 22.2 Å². The van der Waals surface area contributed by atoms with Gasteiger partial charge in [-0.05, 0) is 49.2 Å². The summed E-state index contributed by atoms with van der Waals surface area (Å²) >= 11 is 12.3. The van der Waals surface area contributed by atoms with Gasteiger partial charge in [-0.15, -0.1) is 0 Å². The van der Waals surface area contributed by atoms with Crippen LogP contribution in [0, 0.1) is 12.7 Å². The van der Waals surface area contributed by atoms with Crippen LogP contribution in [-0.4, -0.2) is 33.6 Å². The summed E-state index contributed by atoms with van der Waals surface area (Å²) in [5, 5.41) is 2.24. The van der Waals surface area contributed by atoms with Crippen molar-refractivity contribution < 1.29 is 22.3 Å². The van der Waals surface area contributed by atoms with Crippen molar-refractivity contribution in [1.29, 1.82) is 0 Å². The van der Waals surface area contributed by atoms with Gasteiger partial charge in [0.1, 0.15) is 10.7 Å². The van der Waals surface area contributed by atoms with E-state index in [0.29, 0.717) is 24.3 Å². The summed E-state index contributed by atoms with van der Waals surface area (Å²) in [6.45, 7) is 2.28. The number of carbonyl (C=O) groups is 1. The van der Waals surface area contributed by atoms with E-state index in [0.717, 1.165) is 0 Å². The molecular weight excluding hydrogens is 430 g/mol. The second kappa shape index (κ2) is 8.34. The lowest BCUT2D eigenvalue weighted by Gasteiger charge is -2.15. The third kappa shape index (κ3) is 4.47. The van der Waals surface area contributed by atoms with E-state index in [4.69, 9.17) is 27.9 Å². The Morgan fingerprint density at radius 2 is 2.00 bits per heavy atom. The molecule has 0 aliphatic carbocycles. The molecule has 0 saturated carbocycles. The minimum absolute atomic E-state index is 0.00974. The number of aryl methyl sites for hydroxylation is 1. The first kappa shape index (κ1) is 21.0. The van der Waals surface area contributed by atoms with E-state index in [-0.39, 0.29) is 33.2 Å². The fraction of sp³-hybridized carbons (Fsp3) is 0.278. The third-order valence-electron chi connectivity index (χ3n) is 4.24. The lowest BCUT2D eigenvalue weighted by molar-refractivity contribution is 0.102. The number of hydrogen-bond acceptors (Lipinski definition) is 4. The average molecular weight is 447 g/mol. The van der Waals surface area contributed by atoms with Gasteiger partial charge in [0.15, 0.2) is 0 Å². The third-order valence-corrected chi connectivity index (χ3v) is 6.62. The molecule has 1 atom stereocenters. The van der Waals surface area contributed by atoms with Crippen molar-refractivity contribution in [2.45, 2.75) is 24.3 Å².